The van der Waals surface area contributed by atoms with Crippen molar-refractivity contribution in [2.45, 2.75) is 46.8 Å². The van der Waals surface area contributed by atoms with Crippen LogP contribution in [-0.4, -0.2) is 56.1 Å². The third-order valence-corrected chi connectivity index (χ3v) is 8.09. The van der Waals surface area contributed by atoms with Gasteiger partial charge in [0.15, 0.2) is 6.10 Å². The minimum absolute atomic E-state index is 0.0136. The summed E-state index contributed by atoms with van der Waals surface area (Å²) in [6.45, 7) is 7.93. The normalized spacial score (nSPS) is 15.2. The standard InChI is InChI=1S/C28H36NO9P/c1-6-35-27(31)20(4)37-39(33,38-21-10-8-7-9-11-21)15-14-29-16-18(2)12-13-22-25(30)24-23(17-36-28(24)32)19(3)26(22)34-5/h7-12,20,29-30H,6,13-17H2,1-5H3/b18-12+/t20-,39?/m0/s1. The Kier molecular flexibility index (Phi) is 10.6. The number of phenolic OH excluding ortho intramolecular Hbond substituents is 1. The molecule has 3 rings (SSSR count). The van der Waals surface area contributed by atoms with Crippen molar-refractivity contribution >= 4 is 19.5 Å². The summed E-state index contributed by atoms with van der Waals surface area (Å²) in [5, 5.41) is 14.0. The lowest BCUT2D eigenvalue weighted by atomic mass is 9.95. The minimum Gasteiger partial charge on any atom is -0.507 e. The molecule has 1 heterocycles. The monoisotopic (exact) mass is 561 g/mol. The molecule has 0 fully saturated rings. The molecule has 2 N–H and O–H groups in total. The first kappa shape index (κ1) is 30.2. The lowest BCUT2D eigenvalue weighted by Gasteiger charge is -2.22. The van der Waals surface area contributed by atoms with E-state index < -0.39 is 25.6 Å². The van der Waals surface area contributed by atoms with Crippen LogP contribution in [0, 0.1) is 6.92 Å². The van der Waals surface area contributed by atoms with Crippen molar-refractivity contribution < 1.29 is 42.5 Å². The van der Waals surface area contributed by atoms with Gasteiger partial charge in [-0.15, -0.1) is 0 Å². The number of benzene rings is 2. The van der Waals surface area contributed by atoms with Crippen LogP contribution in [0.1, 0.15) is 47.8 Å². The van der Waals surface area contributed by atoms with Crippen LogP contribution in [0.4, 0.5) is 0 Å². The number of nitrogens with one attached hydrogen (secondary N) is 1. The second-order valence-corrected chi connectivity index (χ2v) is 11.1. The summed E-state index contributed by atoms with van der Waals surface area (Å²) in [7, 11) is -2.19. The second-order valence-electron chi connectivity index (χ2n) is 9.09. The average Bonchev–Trinajstić information content (AvgIpc) is 3.30. The molecular weight excluding hydrogens is 525 g/mol. The predicted molar refractivity (Wildman–Crippen MR) is 146 cm³/mol. The van der Waals surface area contributed by atoms with E-state index in [1.807, 2.05) is 26.0 Å². The van der Waals surface area contributed by atoms with Crippen molar-refractivity contribution in [1.29, 1.82) is 0 Å². The molecule has 0 saturated carbocycles. The Hall–Kier alpha value is -3.33. The maximum atomic E-state index is 13.5. The molecule has 0 amide bonds. The summed E-state index contributed by atoms with van der Waals surface area (Å²) in [4.78, 5) is 24.2. The highest BCUT2D eigenvalue weighted by atomic mass is 31.2. The van der Waals surface area contributed by atoms with E-state index in [1.54, 1.807) is 31.2 Å². The van der Waals surface area contributed by atoms with Gasteiger partial charge < -0.3 is 29.2 Å². The number of esters is 2. The molecule has 39 heavy (non-hydrogen) atoms. The van der Waals surface area contributed by atoms with E-state index in [4.69, 9.17) is 23.3 Å². The van der Waals surface area contributed by atoms with Gasteiger partial charge in [0.2, 0.25) is 0 Å². The van der Waals surface area contributed by atoms with E-state index in [2.05, 4.69) is 5.32 Å². The second kappa shape index (κ2) is 13.6. The number of hydrogen-bond acceptors (Lipinski definition) is 10. The van der Waals surface area contributed by atoms with Crippen molar-refractivity contribution in [2.24, 2.45) is 0 Å². The Bertz CT molecular complexity index is 1260. The van der Waals surface area contributed by atoms with Gasteiger partial charge in [-0.3, -0.25) is 4.52 Å². The van der Waals surface area contributed by atoms with Gasteiger partial charge in [-0.05, 0) is 51.8 Å². The van der Waals surface area contributed by atoms with E-state index in [0.29, 0.717) is 35.6 Å². The molecule has 0 bridgehead atoms. The van der Waals surface area contributed by atoms with Crippen molar-refractivity contribution in [2.75, 3.05) is 33.0 Å². The number of hydrogen-bond donors (Lipinski definition) is 2. The number of methoxy groups -OCH3 is 1. The molecule has 2 aromatic carbocycles. The Balaban J connectivity index is 1.64. The fourth-order valence-electron chi connectivity index (χ4n) is 4.18. The number of aromatic hydroxyl groups is 1. The van der Waals surface area contributed by atoms with Crippen LogP contribution in [0.25, 0.3) is 0 Å². The summed E-state index contributed by atoms with van der Waals surface area (Å²) in [5.41, 5.74) is 3.05. The van der Waals surface area contributed by atoms with Crippen LogP contribution < -0.4 is 14.6 Å². The fourth-order valence-corrected chi connectivity index (χ4v) is 5.87. The predicted octanol–water partition coefficient (Wildman–Crippen LogP) is 4.70. The zero-order valence-corrected chi connectivity index (χ0v) is 23.8. The molecule has 1 aliphatic heterocycles. The Morgan fingerprint density at radius 2 is 2.00 bits per heavy atom. The van der Waals surface area contributed by atoms with Gasteiger partial charge in [0.05, 0.1) is 19.9 Å². The maximum Gasteiger partial charge on any atom is 0.381 e. The van der Waals surface area contributed by atoms with Crippen LogP contribution >= 0.6 is 7.60 Å². The molecule has 212 valence electrons. The number of cyclic esters (lactones) is 1. The molecule has 2 atom stereocenters. The van der Waals surface area contributed by atoms with E-state index in [-0.39, 0.29) is 37.2 Å². The zero-order valence-electron chi connectivity index (χ0n) is 22.9. The minimum atomic E-state index is -3.71. The van der Waals surface area contributed by atoms with Gasteiger partial charge in [-0.2, -0.15) is 0 Å². The topological polar surface area (TPSA) is 130 Å². The number of allylic oxidation sites excluding steroid dienone is 1. The number of para-hydroxylation sites is 1. The maximum absolute atomic E-state index is 13.5. The highest BCUT2D eigenvalue weighted by molar-refractivity contribution is 7.54. The molecular formula is C28H36NO9P. The molecule has 0 aliphatic carbocycles. The number of phenols is 1. The molecule has 0 spiro atoms. The lowest BCUT2D eigenvalue weighted by Crippen LogP contribution is -2.26. The van der Waals surface area contributed by atoms with Gasteiger partial charge in [0, 0.05) is 24.2 Å². The largest absolute Gasteiger partial charge is 0.507 e. The lowest BCUT2D eigenvalue weighted by molar-refractivity contribution is -0.150. The average molecular weight is 562 g/mol. The summed E-state index contributed by atoms with van der Waals surface area (Å²) < 4.78 is 40.4. The molecule has 11 heteroatoms. The smallest absolute Gasteiger partial charge is 0.381 e. The van der Waals surface area contributed by atoms with Crippen LogP contribution in [-0.2, 0) is 36.4 Å². The number of ether oxygens (including phenoxy) is 3. The van der Waals surface area contributed by atoms with Gasteiger partial charge in [0.25, 0.3) is 0 Å². The fraction of sp³-hybridized carbons (Fsp3) is 0.429. The third-order valence-electron chi connectivity index (χ3n) is 6.19. The summed E-state index contributed by atoms with van der Waals surface area (Å²) in [6, 6.07) is 8.63. The molecule has 0 radical (unpaired) electrons. The number of rotatable bonds is 14. The van der Waals surface area contributed by atoms with Crippen molar-refractivity contribution in [3.8, 4) is 17.2 Å². The first-order valence-corrected chi connectivity index (χ1v) is 14.5. The van der Waals surface area contributed by atoms with Crippen LogP contribution in [0.2, 0.25) is 0 Å². The molecule has 10 nitrogen and oxygen atoms in total. The summed E-state index contributed by atoms with van der Waals surface area (Å²) >= 11 is 0. The molecule has 2 aromatic rings. The van der Waals surface area contributed by atoms with E-state index in [1.165, 1.54) is 14.0 Å². The van der Waals surface area contributed by atoms with E-state index in [9.17, 15) is 19.3 Å². The first-order chi connectivity index (χ1) is 18.6. The van der Waals surface area contributed by atoms with Gasteiger partial charge >= 0.3 is 19.5 Å². The Labute approximate surface area is 228 Å². The highest BCUT2D eigenvalue weighted by Gasteiger charge is 2.33. The number of carbonyl (C=O) groups is 2. The van der Waals surface area contributed by atoms with Gasteiger partial charge in [-0.1, -0.05) is 29.8 Å². The Morgan fingerprint density at radius 3 is 2.67 bits per heavy atom. The third kappa shape index (κ3) is 7.62. The van der Waals surface area contributed by atoms with Crippen molar-refractivity contribution in [3.63, 3.8) is 0 Å². The van der Waals surface area contributed by atoms with Crippen molar-refractivity contribution in [1.82, 2.24) is 5.32 Å². The first-order valence-electron chi connectivity index (χ1n) is 12.7. The quantitative estimate of drug-likeness (QED) is 0.145. The van der Waals surface area contributed by atoms with Crippen molar-refractivity contribution in [3.05, 3.63) is 64.2 Å². The zero-order chi connectivity index (χ0) is 28.6. The van der Waals surface area contributed by atoms with Crippen LogP contribution in [0.3, 0.4) is 0 Å². The van der Waals surface area contributed by atoms with Gasteiger partial charge in [0.1, 0.15) is 29.4 Å². The van der Waals surface area contributed by atoms with Crippen LogP contribution in [0.5, 0.6) is 17.2 Å². The summed E-state index contributed by atoms with van der Waals surface area (Å²) in [6.07, 6.45) is 1.20. The molecule has 0 aromatic heterocycles. The van der Waals surface area contributed by atoms with Crippen LogP contribution in [0.15, 0.2) is 42.0 Å². The molecule has 1 aliphatic rings. The van der Waals surface area contributed by atoms with Gasteiger partial charge in [-0.25, -0.2) is 14.2 Å². The summed E-state index contributed by atoms with van der Waals surface area (Å²) in [5.74, 6) is -0.393. The van der Waals surface area contributed by atoms with E-state index in [0.717, 1.165) is 11.1 Å². The number of carbonyl (C=O) groups excluding carboxylic acids is 2. The van der Waals surface area contributed by atoms with E-state index >= 15 is 0 Å². The highest BCUT2D eigenvalue weighted by Crippen LogP contribution is 2.49. The molecule has 0 saturated heterocycles. The number of fused-ring (bicyclic) bond motifs is 1. The SMILES string of the molecule is CCOC(=O)[C@H](C)OP(=O)(CCNC/C(C)=C/Cc1c(O)c2c(c(C)c1OC)COC2=O)Oc1ccccc1. The molecule has 1 unspecified atom stereocenters. The Morgan fingerprint density at radius 1 is 1.28 bits per heavy atom.